The summed E-state index contributed by atoms with van der Waals surface area (Å²) in [5.41, 5.74) is 5.40. The number of hydrogen-bond donors (Lipinski definition) is 1. The van der Waals surface area contributed by atoms with Gasteiger partial charge in [-0.3, -0.25) is 14.5 Å². The van der Waals surface area contributed by atoms with Gasteiger partial charge in [0.1, 0.15) is 0 Å². The number of nitrogens with two attached hydrogens (primary N) is 1. The summed E-state index contributed by atoms with van der Waals surface area (Å²) in [5, 5.41) is 0. The second kappa shape index (κ2) is 9.74. The van der Waals surface area contributed by atoms with Crippen LogP contribution < -0.4 is 5.73 Å². The number of likely N-dealkylation sites (tertiary alicyclic amines) is 1. The van der Waals surface area contributed by atoms with Crippen LogP contribution in [-0.2, 0) is 9.59 Å². The van der Waals surface area contributed by atoms with E-state index in [1.165, 1.54) is 6.42 Å². The van der Waals surface area contributed by atoms with Gasteiger partial charge < -0.3 is 15.5 Å². The van der Waals surface area contributed by atoms with Gasteiger partial charge in [0.05, 0.1) is 12.1 Å². The smallest absolute Gasteiger partial charge is 0.242 e. The molecule has 2 rings (SSSR count). The minimum atomic E-state index is -0.768. The highest BCUT2D eigenvalue weighted by Crippen LogP contribution is 2.18. The van der Waals surface area contributed by atoms with Crippen LogP contribution in [0.4, 0.5) is 0 Å². The van der Waals surface area contributed by atoms with Gasteiger partial charge >= 0.3 is 0 Å². The van der Waals surface area contributed by atoms with Crippen LogP contribution in [-0.4, -0.2) is 77.4 Å². The number of carbonyl (C=O) groups excluding carboxylic acids is 2. The Morgan fingerprint density at radius 3 is 2.32 bits per heavy atom. The van der Waals surface area contributed by atoms with Crippen LogP contribution in [0, 0.1) is 0 Å². The molecule has 2 atom stereocenters. The number of carbonyl (C=O) groups is 2. The van der Waals surface area contributed by atoms with Crippen LogP contribution in [0.5, 0.6) is 0 Å². The molecule has 2 amide bonds. The van der Waals surface area contributed by atoms with Gasteiger partial charge in [-0.2, -0.15) is 0 Å². The molecular weight excluding hydrogens is 340 g/mol. The van der Waals surface area contributed by atoms with Crippen LogP contribution in [0.2, 0.25) is 0 Å². The van der Waals surface area contributed by atoms with Gasteiger partial charge in [-0.1, -0.05) is 13.3 Å². The minimum absolute atomic E-state index is 0. The molecule has 0 spiro atoms. The highest BCUT2D eigenvalue weighted by Gasteiger charge is 2.34. The molecule has 25 heavy (non-hydrogen) atoms. The van der Waals surface area contributed by atoms with Crippen LogP contribution in [0.25, 0.3) is 0 Å². The fourth-order valence-corrected chi connectivity index (χ4v) is 3.85. The first kappa shape index (κ1) is 22.2. The third-order valence-corrected chi connectivity index (χ3v) is 5.40. The van der Waals surface area contributed by atoms with E-state index >= 15 is 0 Å². The maximum atomic E-state index is 12.5. The molecule has 2 aliphatic heterocycles. The van der Waals surface area contributed by atoms with Gasteiger partial charge in [-0.05, 0) is 39.5 Å². The van der Waals surface area contributed by atoms with Crippen LogP contribution in [0.3, 0.4) is 0 Å². The summed E-state index contributed by atoms with van der Waals surface area (Å²) < 4.78 is 0. The fourth-order valence-electron chi connectivity index (χ4n) is 3.85. The Morgan fingerprint density at radius 1 is 1.12 bits per heavy atom. The van der Waals surface area contributed by atoms with Crippen molar-refractivity contribution >= 4 is 24.2 Å². The van der Waals surface area contributed by atoms with Gasteiger partial charge in [-0.25, -0.2) is 0 Å². The Labute approximate surface area is 158 Å². The van der Waals surface area contributed by atoms with Crippen molar-refractivity contribution < 1.29 is 9.59 Å². The van der Waals surface area contributed by atoms with E-state index in [0.717, 1.165) is 38.9 Å². The largest absolute Gasteiger partial charge is 0.339 e. The lowest BCUT2D eigenvalue weighted by Crippen LogP contribution is -2.59. The summed E-state index contributed by atoms with van der Waals surface area (Å²) in [7, 11) is 0. The van der Waals surface area contributed by atoms with Crippen molar-refractivity contribution in [2.45, 2.75) is 64.5 Å². The molecule has 0 aromatic carbocycles. The lowest BCUT2D eigenvalue weighted by atomic mass is 9.95. The summed E-state index contributed by atoms with van der Waals surface area (Å²) in [6.07, 6.45) is 5.06. The topological polar surface area (TPSA) is 69.9 Å². The van der Waals surface area contributed by atoms with Gasteiger partial charge in [0.2, 0.25) is 11.8 Å². The Morgan fingerprint density at radius 2 is 1.76 bits per heavy atom. The quantitative estimate of drug-likeness (QED) is 0.791. The SMILES string of the molecule is CCCC(C)(N)C(=O)N1CCN(CC(=O)N2CCCCC2C)CC1.Cl. The van der Waals surface area contributed by atoms with Gasteiger partial charge in [0.25, 0.3) is 0 Å². The molecule has 6 nitrogen and oxygen atoms in total. The van der Waals surface area contributed by atoms with Crippen molar-refractivity contribution in [2.75, 3.05) is 39.3 Å². The molecule has 0 saturated carbocycles. The highest BCUT2D eigenvalue weighted by molar-refractivity contribution is 5.86. The van der Waals surface area contributed by atoms with Crippen molar-refractivity contribution in [3.8, 4) is 0 Å². The molecule has 2 N–H and O–H groups in total. The van der Waals surface area contributed by atoms with Crippen molar-refractivity contribution in [3.05, 3.63) is 0 Å². The zero-order valence-electron chi connectivity index (χ0n) is 16.0. The standard InChI is InChI=1S/C18H34N4O2.ClH/c1-4-8-18(3,19)17(24)21-12-10-20(11-13-21)14-16(23)22-9-6-5-7-15(22)2;/h15H,4-14,19H2,1-3H3;1H. The zero-order chi connectivity index (χ0) is 17.7. The number of nitrogens with zero attached hydrogens (tertiary/aromatic N) is 3. The Kier molecular flexibility index (Phi) is 8.64. The molecule has 0 bridgehead atoms. The first-order valence-corrected chi connectivity index (χ1v) is 9.45. The van der Waals surface area contributed by atoms with Crippen LogP contribution in [0.15, 0.2) is 0 Å². The number of hydrogen-bond acceptors (Lipinski definition) is 4. The third kappa shape index (κ3) is 5.83. The average Bonchev–Trinajstić information content (AvgIpc) is 2.55. The minimum Gasteiger partial charge on any atom is -0.339 e. The molecule has 0 aliphatic carbocycles. The maximum Gasteiger partial charge on any atom is 0.242 e. The first-order valence-electron chi connectivity index (χ1n) is 9.45. The highest BCUT2D eigenvalue weighted by atomic mass is 35.5. The van der Waals surface area contributed by atoms with Gasteiger partial charge in [0, 0.05) is 38.8 Å². The Bertz CT molecular complexity index is 450. The van der Waals surface area contributed by atoms with E-state index in [-0.39, 0.29) is 24.2 Å². The van der Waals surface area contributed by atoms with E-state index in [9.17, 15) is 9.59 Å². The van der Waals surface area contributed by atoms with E-state index in [0.29, 0.717) is 32.1 Å². The van der Waals surface area contributed by atoms with E-state index in [2.05, 4.69) is 11.8 Å². The maximum absolute atomic E-state index is 12.5. The first-order chi connectivity index (χ1) is 11.3. The van der Waals surface area contributed by atoms with Gasteiger partial charge in [0.15, 0.2) is 0 Å². The third-order valence-electron chi connectivity index (χ3n) is 5.40. The molecule has 2 saturated heterocycles. The summed E-state index contributed by atoms with van der Waals surface area (Å²) >= 11 is 0. The lowest BCUT2D eigenvalue weighted by Gasteiger charge is -2.40. The van der Waals surface area contributed by atoms with Crippen LogP contribution >= 0.6 is 12.4 Å². The molecule has 2 fully saturated rings. The number of piperidine rings is 1. The molecule has 0 radical (unpaired) electrons. The zero-order valence-corrected chi connectivity index (χ0v) is 16.8. The second-order valence-electron chi connectivity index (χ2n) is 7.67. The molecule has 2 aliphatic rings. The monoisotopic (exact) mass is 374 g/mol. The van der Waals surface area contributed by atoms with Crippen LogP contribution in [0.1, 0.15) is 52.9 Å². The van der Waals surface area contributed by atoms with Crippen molar-refractivity contribution in [3.63, 3.8) is 0 Å². The summed E-state index contributed by atoms with van der Waals surface area (Å²) in [6, 6.07) is 0.362. The summed E-state index contributed by atoms with van der Waals surface area (Å²) in [4.78, 5) is 31.1. The molecule has 0 aromatic heterocycles. The van der Waals surface area contributed by atoms with Crippen molar-refractivity contribution in [1.82, 2.24) is 14.7 Å². The molecule has 146 valence electrons. The molecule has 0 aromatic rings. The second-order valence-corrected chi connectivity index (χ2v) is 7.67. The molecule has 2 heterocycles. The number of rotatable bonds is 5. The average molecular weight is 375 g/mol. The number of amides is 2. The number of halogens is 1. The number of piperazine rings is 1. The predicted octanol–water partition coefficient (Wildman–Crippen LogP) is 1.47. The lowest BCUT2D eigenvalue weighted by molar-refractivity contribution is -0.140. The van der Waals surface area contributed by atoms with Crippen molar-refractivity contribution in [2.24, 2.45) is 5.73 Å². The fraction of sp³-hybridized carbons (Fsp3) is 0.889. The summed E-state index contributed by atoms with van der Waals surface area (Å²) in [5.74, 6) is 0.275. The van der Waals surface area contributed by atoms with E-state index in [1.807, 2.05) is 23.6 Å². The van der Waals surface area contributed by atoms with Crippen molar-refractivity contribution in [1.29, 1.82) is 0 Å². The van der Waals surface area contributed by atoms with E-state index in [4.69, 9.17) is 5.73 Å². The van der Waals surface area contributed by atoms with Gasteiger partial charge in [-0.15, -0.1) is 12.4 Å². The predicted molar refractivity (Wildman–Crippen MR) is 103 cm³/mol. The molecule has 7 heteroatoms. The normalized spacial score (nSPS) is 24.4. The molecular formula is C18H35ClN4O2. The summed E-state index contributed by atoms with van der Waals surface area (Å²) in [6.45, 7) is 10.2. The Hall–Kier alpha value is -0.850. The molecule has 2 unspecified atom stereocenters. The Balaban J connectivity index is 0.00000312. The van der Waals surface area contributed by atoms with E-state index < -0.39 is 5.54 Å². The van der Waals surface area contributed by atoms with E-state index in [1.54, 1.807) is 0 Å².